The highest BCUT2D eigenvalue weighted by Crippen LogP contribution is 2.22. The zero-order chi connectivity index (χ0) is 10.8. The highest BCUT2D eigenvalue weighted by molar-refractivity contribution is 5.59. The van der Waals surface area contributed by atoms with E-state index in [0.717, 1.165) is 6.07 Å². The van der Waals surface area contributed by atoms with Crippen LogP contribution in [0.2, 0.25) is 0 Å². The van der Waals surface area contributed by atoms with Crippen molar-refractivity contribution in [2.75, 3.05) is 0 Å². The summed E-state index contributed by atoms with van der Waals surface area (Å²) in [5.41, 5.74) is 0.225. The van der Waals surface area contributed by atoms with Crippen molar-refractivity contribution in [1.29, 1.82) is 0 Å². The van der Waals surface area contributed by atoms with Crippen molar-refractivity contribution in [3.05, 3.63) is 54.0 Å². The largest absolute Gasteiger partial charge is 0.256 e. The molecule has 0 radical (unpaired) electrons. The quantitative estimate of drug-likeness (QED) is 0.657. The minimum Gasteiger partial charge on any atom is -0.256 e. The highest BCUT2D eigenvalue weighted by atomic mass is 19.2. The summed E-state index contributed by atoms with van der Waals surface area (Å²) in [7, 11) is 0. The molecule has 15 heavy (non-hydrogen) atoms. The zero-order valence-corrected chi connectivity index (χ0v) is 7.55. The van der Waals surface area contributed by atoms with Crippen LogP contribution in [0.3, 0.4) is 0 Å². The van der Waals surface area contributed by atoms with Gasteiger partial charge >= 0.3 is 0 Å². The third-order valence-corrected chi connectivity index (χ3v) is 1.95. The molecule has 0 saturated carbocycles. The fourth-order valence-corrected chi connectivity index (χ4v) is 1.24. The van der Waals surface area contributed by atoms with Crippen molar-refractivity contribution in [3.63, 3.8) is 0 Å². The van der Waals surface area contributed by atoms with Crippen molar-refractivity contribution in [1.82, 2.24) is 4.98 Å². The number of rotatable bonds is 1. The van der Waals surface area contributed by atoms with Crippen molar-refractivity contribution >= 4 is 0 Å². The van der Waals surface area contributed by atoms with Crippen LogP contribution in [-0.4, -0.2) is 4.98 Å². The van der Waals surface area contributed by atoms with E-state index < -0.39 is 17.5 Å². The van der Waals surface area contributed by atoms with Crippen LogP contribution >= 0.6 is 0 Å². The van der Waals surface area contributed by atoms with Crippen LogP contribution in [0.25, 0.3) is 11.3 Å². The molecule has 1 nitrogen and oxygen atoms in total. The molecule has 0 amide bonds. The summed E-state index contributed by atoms with van der Waals surface area (Å²) < 4.78 is 38.8. The Kier molecular flexibility index (Phi) is 2.41. The van der Waals surface area contributed by atoms with E-state index in [1.165, 1.54) is 12.3 Å². The predicted molar refractivity (Wildman–Crippen MR) is 49.5 cm³/mol. The number of aromatic nitrogens is 1. The Hall–Kier alpha value is -1.84. The molecule has 0 saturated heterocycles. The van der Waals surface area contributed by atoms with Crippen LogP contribution < -0.4 is 0 Å². The zero-order valence-electron chi connectivity index (χ0n) is 7.55. The third-order valence-electron chi connectivity index (χ3n) is 1.95. The minimum atomic E-state index is -1.20. The highest BCUT2D eigenvalue weighted by Gasteiger charge is 2.11. The van der Waals surface area contributed by atoms with Gasteiger partial charge in [0, 0.05) is 17.8 Å². The average Bonchev–Trinajstić information content (AvgIpc) is 2.25. The first kappa shape index (κ1) is 9.71. The molecule has 0 aliphatic rings. The predicted octanol–water partition coefficient (Wildman–Crippen LogP) is 3.17. The van der Waals surface area contributed by atoms with Crippen LogP contribution in [0.15, 0.2) is 36.5 Å². The molecule has 0 aliphatic carbocycles. The molecule has 1 aromatic heterocycles. The number of halogens is 3. The topological polar surface area (TPSA) is 12.9 Å². The van der Waals surface area contributed by atoms with Crippen LogP contribution in [0.1, 0.15) is 0 Å². The van der Waals surface area contributed by atoms with Crippen LogP contribution in [-0.2, 0) is 0 Å². The molecule has 0 N–H and O–H groups in total. The standard InChI is InChI=1S/C11H6F3N/c12-8-6-10(14)9(13)5-7(8)11-3-1-2-4-15-11/h1-6H. The van der Waals surface area contributed by atoms with Crippen molar-refractivity contribution in [2.24, 2.45) is 0 Å². The van der Waals surface area contributed by atoms with Gasteiger partial charge in [-0.25, -0.2) is 13.2 Å². The lowest BCUT2D eigenvalue weighted by molar-refractivity contribution is 0.496. The molecule has 1 aromatic carbocycles. The summed E-state index contributed by atoms with van der Waals surface area (Å²) in [4.78, 5) is 3.85. The van der Waals surface area contributed by atoms with E-state index >= 15 is 0 Å². The first-order valence-corrected chi connectivity index (χ1v) is 4.24. The van der Waals surface area contributed by atoms with Crippen LogP contribution in [0, 0.1) is 17.5 Å². The summed E-state index contributed by atoms with van der Waals surface area (Å²) in [6.07, 6.45) is 1.45. The summed E-state index contributed by atoms with van der Waals surface area (Å²) >= 11 is 0. The first-order chi connectivity index (χ1) is 7.18. The van der Waals surface area contributed by atoms with Gasteiger partial charge in [0.25, 0.3) is 0 Å². The third kappa shape index (κ3) is 1.83. The fraction of sp³-hybridized carbons (Fsp3) is 0. The summed E-state index contributed by atoms with van der Waals surface area (Å²) in [5, 5.41) is 0. The Balaban J connectivity index is 2.59. The molecule has 76 valence electrons. The Labute approximate surface area is 84.2 Å². The lowest BCUT2D eigenvalue weighted by Crippen LogP contribution is -1.92. The molecule has 0 fully saturated rings. The second kappa shape index (κ2) is 3.73. The van der Waals surface area contributed by atoms with Crippen molar-refractivity contribution in [2.45, 2.75) is 0 Å². The van der Waals surface area contributed by atoms with Crippen molar-refractivity contribution < 1.29 is 13.2 Å². The monoisotopic (exact) mass is 209 g/mol. The molecule has 0 atom stereocenters. The smallest absolute Gasteiger partial charge is 0.161 e. The second-order valence-electron chi connectivity index (χ2n) is 2.96. The van der Waals surface area contributed by atoms with Gasteiger partial charge in [0.2, 0.25) is 0 Å². The van der Waals surface area contributed by atoms with Gasteiger partial charge in [-0.2, -0.15) is 0 Å². The van der Waals surface area contributed by atoms with E-state index in [-0.39, 0.29) is 11.3 Å². The van der Waals surface area contributed by atoms with Gasteiger partial charge in [-0.05, 0) is 18.2 Å². The number of hydrogen-bond acceptors (Lipinski definition) is 1. The molecule has 2 rings (SSSR count). The van der Waals surface area contributed by atoms with Crippen molar-refractivity contribution in [3.8, 4) is 11.3 Å². The minimum absolute atomic E-state index is 0.0468. The van der Waals surface area contributed by atoms with Gasteiger partial charge in [0.05, 0.1) is 5.69 Å². The maximum atomic E-state index is 13.3. The molecule has 4 heteroatoms. The van der Waals surface area contributed by atoms with Gasteiger partial charge in [-0.15, -0.1) is 0 Å². The van der Waals surface area contributed by atoms with E-state index in [0.29, 0.717) is 6.07 Å². The Morgan fingerprint density at radius 3 is 2.27 bits per heavy atom. The number of nitrogens with zero attached hydrogens (tertiary/aromatic N) is 1. The van der Waals surface area contributed by atoms with E-state index in [1.807, 2.05) is 0 Å². The number of hydrogen-bond donors (Lipinski definition) is 0. The molecular weight excluding hydrogens is 203 g/mol. The lowest BCUT2D eigenvalue weighted by atomic mass is 10.1. The normalized spacial score (nSPS) is 10.3. The van der Waals surface area contributed by atoms with E-state index in [4.69, 9.17) is 0 Å². The lowest BCUT2D eigenvalue weighted by Gasteiger charge is -2.02. The van der Waals surface area contributed by atoms with Gasteiger partial charge in [0.1, 0.15) is 5.82 Å². The first-order valence-electron chi connectivity index (χ1n) is 4.24. The van der Waals surface area contributed by atoms with Crippen LogP contribution in [0.5, 0.6) is 0 Å². The second-order valence-corrected chi connectivity index (χ2v) is 2.96. The van der Waals surface area contributed by atoms with E-state index in [9.17, 15) is 13.2 Å². The summed E-state index contributed by atoms with van der Waals surface area (Å²) in [6, 6.07) is 6.13. The SMILES string of the molecule is Fc1cc(F)c(-c2ccccn2)cc1F. The van der Waals surface area contributed by atoms with E-state index in [1.54, 1.807) is 12.1 Å². The molecule has 0 unspecified atom stereocenters. The Bertz CT molecular complexity index is 483. The average molecular weight is 209 g/mol. The van der Waals surface area contributed by atoms with Gasteiger partial charge < -0.3 is 0 Å². The Morgan fingerprint density at radius 1 is 0.867 bits per heavy atom. The summed E-state index contributed by atoms with van der Waals surface area (Å²) in [5.74, 6) is -3.11. The van der Waals surface area contributed by atoms with E-state index in [2.05, 4.69) is 4.98 Å². The molecule has 1 heterocycles. The maximum absolute atomic E-state index is 13.3. The molecule has 0 aliphatic heterocycles. The molecule has 0 spiro atoms. The Morgan fingerprint density at radius 2 is 1.60 bits per heavy atom. The summed E-state index contributed by atoms with van der Waals surface area (Å²) in [6.45, 7) is 0. The molecule has 0 bridgehead atoms. The van der Waals surface area contributed by atoms with Gasteiger partial charge in [0.15, 0.2) is 11.6 Å². The maximum Gasteiger partial charge on any atom is 0.161 e. The van der Waals surface area contributed by atoms with Crippen LogP contribution in [0.4, 0.5) is 13.2 Å². The molecular formula is C11H6F3N. The van der Waals surface area contributed by atoms with Gasteiger partial charge in [-0.1, -0.05) is 6.07 Å². The number of pyridine rings is 1. The van der Waals surface area contributed by atoms with Gasteiger partial charge in [-0.3, -0.25) is 4.98 Å². The fourth-order valence-electron chi connectivity index (χ4n) is 1.24. The molecule has 2 aromatic rings. The number of benzene rings is 1.